The molecule has 0 unspecified atom stereocenters. The Morgan fingerprint density at radius 1 is 0.548 bits per heavy atom. The molecule has 0 spiro atoms. The van der Waals surface area contributed by atoms with Gasteiger partial charge in [0.2, 0.25) is 0 Å². The largest absolute Gasteiger partial charge is 0.545 e. The van der Waals surface area contributed by atoms with Gasteiger partial charge in [-0.25, -0.2) is 4.79 Å². The molecule has 5 heteroatoms. The van der Waals surface area contributed by atoms with Crippen molar-refractivity contribution in [3.05, 3.63) is 126 Å². The molecule has 154 valence electrons. The molecule has 0 heterocycles. The summed E-state index contributed by atoms with van der Waals surface area (Å²) in [6, 6.07) is 37.0. The van der Waals surface area contributed by atoms with Gasteiger partial charge in [0, 0.05) is 0 Å². The first-order chi connectivity index (χ1) is 15.1. The first-order valence-corrected chi connectivity index (χ1v) is 10.7. The second kappa shape index (κ2) is 10.8. The van der Waals surface area contributed by atoms with Crippen molar-refractivity contribution >= 4 is 22.8 Å². The van der Waals surface area contributed by atoms with E-state index in [9.17, 15) is 14.7 Å². The van der Waals surface area contributed by atoms with Gasteiger partial charge in [0.1, 0.15) is 0 Å². The van der Waals surface area contributed by atoms with Crippen molar-refractivity contribution < 1.29 is 19.8 Å². The predicted octanol–water partition coefficient (Wildman–Crippen LogP) is 4.53. The molecule has 0 atom stereocenters. The van der Waals surface area contributed by atoms with Crippen LogP contribution < -0.4 is 5.11 Å². The summed E-state index contributed by atoms with van der Waals surface area (Å²) >= 11 is 0. The number of hydrogen-bond donors (Lipinski definition) is 1. The summed E-state index contributed by atoms with van der Waals surface area (Å²) in [5.74, 6) is -2.40. The van der Waals surface area contributed by atoms with Gasteiger partial charge < -0.3 is 15.0 Å². The molecule has 0 saturated carbocycles. The summed E-state index contributed by atoms with van der Waals surface area (Å²) in [6.07, 6.45) is 0. The van der Waals surface area contributed by atoms with Crippen molar-refractivity contribution in [2.24, 2.45) is 0 Å². The van der Waals surface area contributed by atoms with Crippen molar-refractivity contribution in [2.45, 2.75) is 14.7 Å². The summed E-state index contributed by atoms with van der Waals surface area (Å²) in [4.78, 5) is 24.6. The van der Waals surface area contributed by atoms with Gasteiger partial charge in [-0.1, -0.05) is 66.7 Å². The maximum atomic E-state index is 10.3. The lowest BCUT2D eigenvalue weighted by Crippen LogP contribution is -2.22. The van der Waals surface area contributed by atoms with Crippen LogP contribution in [-0.4, -0.2) is 17.0 Å². The highest BCUT2D eigenvalue weighted by atomic mass is 32.2. The fourth-order valence-corrected chi connectivity index (χ4v) is 4.93. The summed E-state index contributed by atoms with van der Waals surface area (Å²) < 4.78 is 0. The third-order valence-corrected chi connectivity index (χ3v) is 6.53. The third-order valence-electron chi connectivity index (χ3n) is 4.30. The Kier molecular flexibility index (Phi) is 7.62. The molecule has 0 aliphatic rings. The van der Waals surface area contributed by atoms with Gasteiger partial charge in [-0.3, -0.25) is 0 Å². The molecular formula is C26H20O4S. The van der Waals surface area contributed by atoms with Crippen LogP contribution in [0.25, 0.3) is 0 Å². The first-order valence-electron chi connectivity index (χ1n) is 9.50. The average Bonchev–Trinajstić information content (AvgIpc) is 2.82. The van der Waals surface area contributed by atoms with E-state index in [1.54, 1.807) is 0 Å². The summed E-state index contributed by atoms with van der Waals surface area (Å²) in [6.45, 7) is 0. The van der Waals surface area contributed by atoms with Gasteiger partial charge in [-0.05, 0) is 54.1 Å². The maximum Gasteiger partial charge on any atom is 0.335 e. The number of rotatable bonds is 5. The third kappa shape index (κ3) is 6.07. The Morgan fingerprint density at radius 3 is 1.16 bits per heavy atom. The molecule has 0 aliphatic carbocycles. The van der Waals surface area contributed by atoms with Crippen molar-refractivity contribution in [2.75, 3.05) is 0 Å². The summed E-state index contributed by atoms with van der Waals surface area (Å²) in [7, 11) is -0.0146. The van der Waals surface area contributed by atoms with Crippen molar-refractivity contribution in [1.29, 1.82) is 0 Å². The quantitative estimate of drug-likeness (QED) is 0.474. The average molecular weight is 429 g/mol. The first kappa shape index (κ1) is 21.9. The van der Waals surface area contributed by atoms with Crippen LogP contribution in [0.1, 0.15) is 20.7 Å². The highest BCUT2D eigenvalue weighted by molar-refractivity contribution is 7.97. The molecule has 0 radical (unpaired) electrons. The molecule has 4 rings (SSSR count). The van der Waals surface area contributed by atoms with E-state index in [-0.39, 0.29) is 22.0 Å². The molecule has 31 heavy (non-hydrogen) atoms. The van der Waals surface area contributed by atoms with E-state index < -0.39 is 11.9 Å². The minimum atomic E-state index is -1.31. The van der Waals surface area contributed by atoms with Crippen LogP contribution in [0.4, 0.5) is 0 Å². The van der Waals surface area contributed by atoms with Crippen molar-refractivity contribution in [3.8, 4) is 0 Å². The van der Waals surface area contributed by atoms with Gasteiger partial charge in [0.25, 0.3) is 0 Å². The van der Waals surface area contributed by atoms with Gasteiger partial charge in [-0.15, -0.1) is 0 Å². The predicted molar refractivity (Wildman–Crippen MR) is 119 cm³/mol. The number of aromatic carboxylic acids is 2. The van der Waals surface area contributed by atoms with Crippen LogP contribution >= 0.6 is 0 Å². The molecule has 4 aromatic rings. The van der Waals surface area contributed by atoms with Gasteiger partial charge in [0.15, 0.2) is 14.7 Å². The highest BCUT2D eigenvalue weighted by Gasteiger charge is 2.27. The Morgan fingerprint density at radius 2 is 0.871 bits per heavy atom. The van der Waals surface area contributed by atoms with Crippen LogP contribution in [0.15, 0.2) is 130 Å². The zero-order chi connectivity index (χ0) is 22.1. The Labute approximate surface area is 183 Å². The molecule has 0 aliphatic heterocycles. The number of carbonyl (C=O) groups excluding carboxylic acids is 1. The monoisotopic (exact) mass is 428 g/mol. The molecule has 0 amide bonds. The smallest absolute Gasteiger partial charge is 0.335 e. The van der Waals surface area contributed by atoms with Gasteiger partial charge in [0.05, 0.1) is 22.4 Å². The second-order valence-corrected chi connectivity index (χ2v) is 8.44. The lowest BCUT2D eigenvalue weighted by molar-refractivity contribution is -0.255. The lowest BCUT2D eigenvalue weighted by atomic mass is 10.1. The molecule has 0 saturated heterocycles. The van der Waals surface area contributed by atoms with Crippen molar-refractivity contribution in [3.63, 3.8) is 0 Å². The minimum Gasteiger partial charge on any atom is -0.545 e. The topological polar surface area (TPSA) is 77.4 Å². The standard InChI is InChI=1S/C18H15S.C8H6O4/c1-4-10-16(11-5-1)19(17-12-6-2-7-13-17)18-14-8-3-9-15-18;9-7(10)5-1-2-6(4-3-5)8(11)12/h1-15H;1-4H,(H,9,10)(H,11,12)/q+1;/p-1. The number of carboxylic acids is 2. The molecule has 0 fully saturated rings. The number of benzene rings is 4. The molecule has 1 N–H and O–H groups in total. The van der Waals surface area contributed by atoms with Crippen LogP contribution in [0.5, 0.6) is 0 Å². The Balaban J connectivity index is 0.000000196. The van der Waals surface area contributed by atoms with Crippen LogP contribution in [-0.2, 0) is 10.9 Å². The Hall–Kier alpha value is -3.83. The van der Waals surface area contributed by atoms with Crippen LogP contribution in [0, 0.1) is 0 Å². The fraction of sp³-hybridized carbons (Fsp3) is 0. The minimum absolute atomic E-state index is 0.0146. The van der Waals surface area contributed by atoms with E-state index in [0.717, 1.165) is 0 Å². The molecule has 4 nitrogen and oxygen atoms in total. The van der Waals surface area contributed by atoms with Gasteiger partial charge >= 0.3 is 5.97 Å². The van der Waals surface area contributed by atoms with E-state index in [1.807, 2.05) is 0 Å². The van der Waals surface area contributed by atoms with Crippen LogP contribution in [0.3, 0.4) is 0 Å². The van der Waals surface area contributed by atoms with E-state index >= 15 is 0 Å². The summed E-state index contributed by atoms with van der Waals surface area (Å²) in [5, 5.41) is 18.7. The van der Waals surface area contributed by atoms with Gasteiger partial charge in [-0.2, -0.15) is 0 Å². The van der Waals surface area contributed by atoms with E-state index in [2.05, 4.69) is 91.0 Å². The van der Waals surface area contributed by atoms with E-state index in [4.69, 9.17) is 5.11 Å². The van der Waals surface area contributed by atoms with Crippen molar-refractivity contribution in [1.82, 2.24) is 0 Å². The number of carbonyl (C=O) groups is 2. The lowest BCUT2D eigenvalue weighted by Gasteiger charge is -2.07. The highest BCUT2D eigenvalue weighted by Crippen LogP contribution is 2.30. The number of hydrogen-bond acceptors (Lipinski definition) is 3. The summed E-state index contributed by atoms with van der Waals surface area (Å²) in [5.41, 5.74) is 0.0278. The zero-order valence-electron chi connectivity index (χ0n) is 16.5. The normalized spacial score (nSPS) is 10.1. The van der Waals surface area contributed by atoms with Crippen LogP contribution in [0.2, 0.25) is 0 Å². The zero-order valence-corrected chi connectivity index (χ0v) is 17.4. The van der Waals surface area contributed by atoms with E-state index in [0.29, 0.717) is 0 Å². The maximum absolute atomic E-state index is 10.3. The SMILES string of the molecule is O=C([O-])c1ccc(C(=O)O)cc1.c1ccc([S+](c2ccccc2)c2ccccc2)cc1. The Bertz CT molecular complexity index is 986. The molecule has 0 aromatic heterocycles. The second-order valence-electron chi connectivity index (χ2n) is 6.42. The fourth-order valence-electron chi connectivity index (χ4n) is 2.83. The van der Waals surface area contributed by atoms with E-state index in [1.165, 1.54) is 39.0 Å². The molecule has 4 aromatic carbocycles. The molecule has 0 bridgehead atoms. The molecular weight excluding hydrogens is 408 g/mol. The number of carboxylic acid groups (broad SMARTS) is 2.